The fraction of sp³-hybridized carbons (Fsp3) is 0.500. The van der Waals surface area contributed by atoms with E-state index in [1.165, 1.54) is 12.8 Å². The molecule has 1 aromatic rings. The van der Waals surface area contributed by atoms with Crippen molar-refractivity contribution in [1.29, 1.82) is 0 Å². The van der Waals surface area contributed by atoms with Crippen LogP contribution in [-0.4, -0.2) is 16.3 Å². The maximum Gasteiger partial charge on any atom is 0.189 e. The lowest BCUT2D eigenvalue weighted by atomic mass is 9.78. The molecular formula is C16H23ClN4S2. The van der Waals surface area contributed by atoms with Crippen molar-refractivity contribution in [1.82, 2.24) is 16.2 Å². The van der Waals surface area contributed by atoms with Gasteiger partial charge in [-0.05, 0) is 67.0 Å². The van der Waals surface area contributed by atoms with Crippen LogP contribution in [0.1, 0.15) is 33.1 Å². The first-order chi connectivity index (χ1) is 11.0. The number of hydrogen-bond acceptors (Lipinski definition) is 2. The summed E-state index contributed by atoms with van der Waals surface area (Å²) in [6.45, 7) is 4.59. The normalized spacial score (nSPS) is 23.7. The first-order valence-corrected chi connectivity index (χ1v) is 9.04. The molecule has 4 nitrogen and oxygen atoms in total. The third kappa shape index (κ3) is 5.79. The molecule has 0 radical (unpaired) electrons. The molecule has 0 amide bonds. The van der Waals surface area contributed by atoms with Gasteiger partial charge in [-0.3, -0.25) is 10.9 Å². The Kier molecular flexibility index (Phi) is 6.87. The highest BCUT2D eigenvalue weighted by molar-refractivity contribution is 7.80. The lowest BCUT2D eigenvalue weighted by molar-refractivity contribution is 0.224. The number of hydrazine groups is 1. The van der Waals surface area contributed by atoms with E-state index >= 15 is 0 Å². The van der Waals surface area contributed by atoms with Crippen LogP contribution in [0.15, 0.2) is 24.3 Å². The summed E-state index contributed by atoms with van der Waals surface area (Å²) in [7, 11) is 0. The van der Waals surface area contributed by atoms with Crippen LogP contribution in [0.4, 0.5) is 5.69 Å². The lowest BCUT2D eigenvalue weighted by Gasteiger charge is -2.35. The number of halogens is 1. The highest BCUT2D eigenvalue weighted by Gasteiger charge is 2.27. The summed E-state index contributed by atoms with van der Waals surface area (Å²) in [6.07, 6.45) is 3.70. The van der Waals surface area contributed by atoms with E-state index in [9.17, 15) is 0 Å². The van der Waals surface area contributed by atoms with Crippen molar-refractivity contribution in [3.63, 3.8) is 0 Å². The molecular weight excluding hydrogens is 348 g/mol. The molecule has 0 aliphatic heterocycles. The van der Waals surface area contributed by atoms with Gasteiger partial charge in [0, 0.05) is 16.8 Å². The second-order valence-electron chi connectivity index (χ2n) is 6.06. The van der Waals surface area contributed by atoms with E-state index in [4.69, 9.17) is 36.0 Å². The molecule has 0 aromatic heterocycles. The molecule has 2 rings (SSSR count). The molecule has 1 aliphatic rings. The van der Waals surface area contributed by atoms with E-state index in [1.54, 1.807) is 12.1 Å². The van der Waals surface area contributed by atoms with Gasteiger partial charge in [-0.1, -0.05) is 38.3 Å². The number of rotatable bonds is 2. The third-order valence-corrected chi connectivity index (χ3v) is 5.09. The van der Waals surface area contributed by atoms with E-state index in [-0.39, 0.29) is 0 Å². The molecule has 1 fully saturated rings. The minimum atomic E-state index is 0.415. The summed E-state index contributed by atoms with van der Waals surface area (Å²) in [6, 6.07) is 7.74. The summed E-state index contributed by atoms with van der Waals surface area (Å²) in [5.41, 5.74) is 6.70. The maximum atomic E-state index is 5.85. The summed E-state index contributed by atoms with van der Waals surface area (Å²) >= 11 is 16.4. The number of anilines is 1. The number of hydrogen-bond donors (Lipinski definition) is 4. The van der Waals surface area contributed by atoms with Crippen molar-refractivity contribution in [2.45, 2.75) is 39.2 Å². The van der Waals surface area contributed by atoms with Gasteiger partial charge in [0.2, 0.25) is 0 Å². The summed E-state index contributed by atoms with van der Waals surface area (Å²) in [5, 5.41) is 8.13. The van der Waals surface area contributed by atoms with Crippen LogP contribution >= 0.6 is 36.0 Å². The van der Waals surface area contributed by atoms with E-state index in [0.717, 1.165) is 18.0 Å². The smallest absolute Gasteiger partial charge is 0.189 e. The zero-order valence-corrected chi connectivity index (χ0v) is 15.7. The predicted octanol–water partition coefficient (Wildman–Crippen LogP) is 3.83. The molecule has 7 heteroatoms. The molecule has 3 atom stereocenters. The Morgan fingerprint density at radius 1 is 1.04 bits per heavy atom. The molecule has 1 aliphatic carbocycles. The van der Waals surface area contributed by atoms with Gasteiger partial charge >= 0.3 is 0 Å². The van der Waals surface area contributed by atoms with Gasteiger partial charge in [-0.25, -0.2) is 0 Å². The van der Waals surface area contributed by atoms with Gasteiger partial charge in [-0.2, -0.15) is 0 Å². The van der Waals surface area contributed by atoms with E-state index in [2.05, 4.69) is 35.3 Å². The van der Waals surface area contributed by atoms with Crippen molar-refractivity contribution in [2.24, 2.45) is 11.8 Å². The molecule has 0 saturated heterocycles. The molecule has 1 saturated carbocycles. The van der Waals surface area contributed by atoms with Crippen LogP contribution in [0, 0.1) is 11.8 Å². The van der Waals surface area contributed by atoms with Crippen molar-refractivity contribution in [3.8, 4) is 0 Å². The third-order valence-electron chi connectivity index (χ3n) is 4.41. The topological polar surface area (TPSA) is 48.1 Å². The maximum absolute atomic E-state index is 5.85. The van der Waals surface area contributed by atoms with Gasteiger partial charge in [-0.15, -0.1) is 0 Å². The van der Waals surface area contributed by atoms with Gasteiger partial charge in [0.15, 0.2) is 10.2 Å². The molecule has 0 bridgehead atoms. The first kappa shape index (κ1) is 18.2. The Bertz CT molecular complexity index is 550. The predicted molar refractivity (Wildman–Crippen MR) is 106 cm³/mol. The van der Waals surface area contributed by atoms with Crippen LogP contribution in [0.2, 0.25) is 5.02 Å². The minimum Gasteiger partial charge on any atom is -0.358 e. The fourth-order valence-corrected chi connectivity index (χ4v) is 3.30. The molecule has 1 aromatic carbocycles. The monoisotopic (exact) mass is 370 g/mol. The second kappa shape index (κ2) is 8.66. The highest BCUT2D eigenvalue weighted by atomic mass is 35.5. The van der Waals surface area contributed by atoms with E-state index in [1.807, 2.05) is 12.1 Å². The largest absolute Gasteiger partial charge is 0.358 e. The molecule has 126 valence electrons. The van der Waals surface area contributed by atoms with Crippen LogP contribution in [0.5, 0.6) is 0 Å². The Morgan fingerprint density at radius 2 is 1.70 bits per heavy atom. The summed E-state index contributed by atoms with van der Waals surface area (Å²) in [5.74, 6) is 1.34. The van der Waals surface area contributed by atoms with Crippen LogP contribution in [-0.2, 0) is 0 Å². The van der Waals surface area contributed by atoms with Crippen molar-refractivity contribution in [2.75, 3.05) is 5.32 Å². The second-order valence-corrected chi connectivity index (χ2v) is 7.31. The number of nitrogens with one attached hydrogen (secondary N) is 4. The average Bonchev–Trinajstić information content (AvgIpc) is 2.52. The number of benzene rings is 1. The van der Waals surface area contributed by atoms with Gasteiger partial charge in [0.1, 0.15) is 0 Å². The SMILES string of the molecule is C[C@H]1[C@@H](NC(=S)NNC(=S)Nc2ccc(Cl)cc2)CCC[C@@H]1C. The summed E-state index contributed by atoms with van der Waals surface area (Å²) < 4.78 is 0. The van der Waals surface area contributed by atoms with Gasteiger partial charge < -0.3 is 10.6 Å². The summed E-state index contributed by atoms with van der Waals surface area (Å²) in [4.78, 5) is 0. The van der Waals surface area contributed by atoms with E-state index in [0.29, 0.717) is 27.2 Å². The molecule has 0 unspecified atom stereocenters. The fourth-order valence-electron chi connectivity index (χ4n) is 2.80. The quantitative estimate of drug-likeness (QED) is 0.469. The van der Waals surface area contributed by atoms with E-state index < -0.39 is 0 Å². The zero-order chi connectivity index (χ0) is 16.8. The van der Waals surface area contributed by atoms with Crippen LogP contribution in [0.3, 0.4) is 0 Å². The van der Waals surface area contributed by atoms with Crippen LogP contribution in [0.25, 0.3) is 0 Å². The Morgan fingerprint density at radius 3 is 2.39 bits per heavy atom. The Hall–Kier alpha value is -1.11. The molecule has 0 spiro atoms. The minimum absolute atomic E-state index is 0.415. The molecule has 23 heavy (non-hydrogen) atoms. The average molecular weight is 371 g/mol. The Labute approximate surface area is 153 Å². The highest BCUT2D eigenvalue weighted by Crippen LogP contribution is 2.29. The van der Waals surface area contributed by atoms with Crippen LogP contribution < -0.4 is 21.5 Å². The van der Waals surface area contributed by atoms with Crippen molar-refractivity contribution in [3.05, 3.63) is 29.3 Å². The zero-order valence-electron chi connectivity index (χ0n) is 13.4. The standard InChI is InChI=1S/C16H23ClN4S2/c1-10-4-3-5-14(11(10)2)19-16(23)21-20-15(22)18-13-8-6-12(17)7-9-13/h6-11,14H,3-5H2,1-2H3,(H2,18,20,22)(H2,19,21,23)/t10-,11+,14-/m0/s1. The molecule has 0 heterocycles. The Balaban J connectivity index is 1.73. The lowest BCUT2D eigenvalue weighted by Crippen LogP contribution is -2.53. The first-order valence-electron chi connectivity index (χ1n) is 7.85. The number of thiocarbonyl (C=S) groups is 2. The van der Waals surface area contributed by atoms with Gasteiger partial charge in [0.25, 0.3) is 0 Å². The van der Waals surface area contributed by atoms with Gasteiger partial charge in [0.05, 0.1) is 0 Å². The van der Waals surface area contributed by atoms with Crippen molar-refractivity contribution < 1.29 is 0 Å². The van der Waals surface area contributed by atoms with Crippen molar-refractivity contribution >= 4 is 51.9 Å². The molecule has 4 N–H and O–H groups in total.